The summed E-state index contributed by atoms with van der Waals surface area (Å²) in [5.74, 6) is 2.58. The van der Waals surface area contributed by atoms with E-state index in [1.54, 1.807) is 20.3 Å². The van der Waals surface area contributed by atoms with Gasteiger partial charge in [-0.15, -0.1) is 0 Å². The Bertz CT molecular complexity index is 2170. The Hall–Kier alpha value is -5.15. The monoisotopic (exact) mass is 709 g/mol. The predicted octanol–water partition coefficient (Wildman–Crippen LogP) is 9.75. The minimum Gasteiger partial charge on any atom is -0.497 e. The van der Waals surface area contributed by atoms with Crippen molar-refractivity contribution in [2.75, 3.05) is 45.4 Å². The molecule has 270 valence electrons. The number of ether oxygens (including phenoxy) is 4. The molecule has 0 spiro atoms. The molecule has 9 heteroatoms. The fourth-order valence-electron chi connectivity index (χ4n) is 7.93. The fourth-order valence-corrected chi connectivity index (χ4v) is 7.93. The number of hydrogen-bond acceptors (Lipinski definition) is 6. The summed E-state index contributed by atoms with van der Waals surface area (Å²) in [4.78, 5) is 2.21. The first kappa shape index (κ1) is 35.3. The van der Waals surface area contributed by atoms with Crippen LogP contribution < -0.4 is 23.8 Å². The number of alkyl halides is 3. The van der Waals surface area contributed by atoms with Crippen molar-refractivity contribution in [2.24, 2.45) is 0 Å². The Morgan fingerprint density at radius 1 is 0.808 bits per heavy atom. The Balaban J connectivity index is 1.55. The minimum absolute atomic E-state index is 0.102. The molecule has 1 heterocycles. The standard InChI is InChI=1S/C43H42F3NO5/c1-7-47(8-2)36-24-33-34(25-37(36)50-6)40-32(39-38(33)31-18-13-28(43(44,45)46)23-35(31)41(39,3)4)19-20-42(52-40,26-9-14-29(49-5)15-10-26)27-11-16-30(17-12-27)51-22-21-48/h9-20,23-25,48H,7-8,21-22H2,1-6H3. The summed E-state index contributed by atoms with van der Waals surface area (Å²) in [6.45, 7) is 9.68. The van der Waals surface area contributed by atoms with Crippen LogP contribution >= 0.6 is 0 Å². The molecule has 6 nitrogen and oxygen atoms in total. The molecule has 1 N–H and O–H groups in total. The van der Waals surface area contributed by atoms with E-state index in [0.717, 1.165) is 62.9 Å². The molecule has 5 aromatic carbocycles. The quantitative estimate of drug-likeness (QED) is 0.156. The van der Waals surface area contributed by atoms with Gasteiger partial charge in [-0.05, 0) is 96.1 Å². The van der Waals surface area contributed by atoms with Crippen LogP contribution in [0.1, 0.15) is 61.1 Å². The number of anilines is 1. The lowest BCUT2D eigenvalue weighted by Crippen LogP contribution is -2.35. The second kappa shape index (κ2) is 13.1. The third-order valence-corrected chi connectivity index (χ3v) is 10.5. The van der Waals surface area contributed by atoms with Gasteiger partial charge in [0, 0.05) is 40.6 Å². The van der Waals surface area contributed by atoms with Crippen LogP contribution in [0.4, 0.5) is 18.9 Å². The molecule has 1 aliphatic heterocycles. The minimum atomic E-state index is -4.48. The van der Waals surface area contributed by atoms with Crippen molar-refractivity contribution < 1.29 is 37.2 Å². The van der Waals surface area contributed by atoms with Gasteiger partial charge in [0.2, 0.25) is 0 Å². The zero-order valence-electron chi connectivity index (χ0n) is 30.1. The van der Waals surface area contributed by atoms with Crippen molar-refractivity contribution in [2.45, 2.75) is 44.9 Å². The highest BCUT2D eigenvalue weighted by Gasteiger charge is 2.45. The van der Waals surface area contributed by atoms with Crippen molar-refractivity contribution >= 4 is 22.5 Å². The van der Waals surface area contributed by atoms with Crippen LogP contribution in [0.15, 0.2) is 84.9 Å². The van der Waals surface area contributed by atoms with Crippen LogP contribution in [-0.2, 0) is 17.2 Å². The molecule has 0 radical (unpaired) electrons. The molecule has 0 fully saturated rings. The second-order valence-corrected chi connectivity index (χ2v) is 13.6. The van der Waals surface area contributed by atoms with E-state index in [4.69, 9.17) is 18.9 Å². The summed E-state index contributed by atoms with van der Waals surface area (Å²) in [5, 5.41) is 11.0. The smallest absolute Gasteiger partial charge is 0.416 e. The van der Waals surface area contributed by atoms with Crippen LogP contribution in [0.3, 0.4) is 0 Å². The van der Waals surface area contributed by atoms with Crippen molar-refractivity contribution in [1.82, 2.24) is 0 Å². The van der Waals surface area contributed by atoms with Gasteiger partial charge in [0.25, 0.3) is 0 Å². The lowest BCUT2D eigenvalue weighted by Gasteiger charge is -2.38. The Kier molecular flexibility index (Phi) is 8.90. The number of rotatable bonds is 10. The van der Waals surface area contributed by atoms with Crippen LogP contribution in [-0.4, -0.2) is 45.6 Å². The molecule has 1 unspecified atom stereocenters. The highest BCUT2D eigenvalue weighted by Crippen LogP contribution is 2.59. The summed E-state index contributed by atoms with van der Waals surface area (Å²) < 4.78 is 67.0. The molecule has 0 bridgehead atoms. The number of benzene rings is 5. The summed E-state index contributed by atoms with van der Waals surface area (Å²) in [7, 11) is 3.26. The molecular weight excluding hydrogens is 667 g/mol. The Labute approximate surface area is 302 Å². The lowest BCUT2D eigenvalue weighted by molar-refractivity contribution is -0.137. The van der Waals surface area contributed by atoms with Gasteiger partial charge >= 0.3 is 6.18 Å². The molecule has 2 aliphatic rings. The van der Waals surface area contributed by atoms with E-state index in [1.807, 2.05) is 74.5 Å². The van der Waals surface area contributed by atoms with Crippen molar-refractivity contribution in [3.63, 3.8) is 0 Å². The topological polar surface area (TPSA) is 60.4 Å². The number of aliphatic hydroxyl groups is 1. The first-order chi connectivity index (χ1) is 24.9. The Morgan fingerprint density at radius 3 is 2.04 bits per heavy atom. The zero-order chi connectivity index (χ0) is 37.0. The number of halogens is 3. The van der Waals surface area contributed by atoms with Crippen LogP contribution in [0.25, 0.3) is 28.0 Å². The van der Waals surface area contributed by atoms with E-state index in [2.05, 4.69) is 30.9 Å². The van der Waals surface area contributed by atoms with E-state index in [1.165, 1.54) is 12.1 Å². The number of methoxy groups -OCH3 is 2. The number of aliphatic hydroxyl groups excluding tert-OH is 1. The highest BCUT2D eigenvalue weighted by atomic mass is 19.4. The molecule has 52 heavy (non-hydrogen) atoms. The summed E-state index contributed by atoms with van der Waals surface area (Å²) in [6.07, 6.45) is -0.403. The van der Waals surface area contributed by atoms with Gasteiger partial charge in [0.15, 0.2) is 5.60 Å². The van der Waals surface area contributed by atoms with E-state index >= 15 is 0 Å². The highest BCUT2D eigenvalue weighted by molar-refractivity contribution is 6.10. The van der Waals surface area contributed by atoms with Crippen LogP contribution in [0.2, 0.25) is 0 Å². The predicted molar refractivity (Wildman–Crippen MR) is 199 cm³/mol. The first-order valence-electron chi connectivity index (χ1n) is 17.5. The molecule has 7 rings (SSSR count). The summed E-state index contributed by atoms with van der Waals surface area (Å²) >= 11 is 0. The SMILES string of the molecule is CCN(CC)c1cc2c3c(c4c(c2cc1OC)OC(c1ccc(OC)cc1)(c1ccc(OCCO)cc1)C=C4)C(C)(C)c1cc(C(F)(F)F)ccc1-3. The van der Waals surface area contributed by atoms with Gasteiger partial charge in [-0.1, -0.05) is 50.3 Å². The molecule has 0 amide bonds. The van der Waals surface area contributed by atoms with Gasteiger partial charge in [-0.2, -0.15) is 13.2 Å². The van der Waals surface area contributed by atoms with Gasteiger partial charge < -0.3 is 29.0 Å². The van der Waals surface area contributed by atoms with Gasteiger partial charge in [-0.25, -0.2) is 0 Å². The van der Waals surface area contributed by atoms with Gasteiger partial charge in [0.1, 0.15) is 29.6 Å². The maximum atomic E-state index is 14.1. The molecule has 0 aromatic heterocycles. The maximum absolute atomic E-state index is 14.1. The van der Waals surface area contributed by atoms with E-state index in [9.17, 15) is 18.3 Å². The number of hydrogen-bond donors (Lipinski definition) is 1. The summed E-state index contributed by atoms with van der Waals surface area (Å²) in [5.41, 5.74) is 3.99. The van der Waals surface area contributed by atoms with Gasteiger partial charge in [0.05, 0.1) is 32.1 Å². The molecular formula is C43H42F3NO5. The van der Waals surface area contributed by atoms with Crippen molar-refractivity contribution in [3.8, 4) is 34.1 Å². The average Bonchev–Trinajstić information content (AvgIpc) is 3.40. The lowest BCUT2D eigenvalue weighted by atomic mass is 9.76. The zero-order valence-corrected chi connectivity index (χ0v) is 30.1. The largest absolute Gasteiger partial charge is 0.497 e. The average molecular weight is 710 g/mol. The molecule has 0 saturated heterocycles. The van der Waals surface area contributed by atoms with E-state index in [0.29, 0.717) is 28.6 Å². The normalized spacial score (nSPS) is 16.9. The van der Waals surface area contributed by atoms with Crippen molar-refractivity contribution in [3.05, 3.63) is 118 Å². The van der Waals surface area contributed by atoms with Crippen LogP contribution in [0, 0.1) is 0 Å². The maximum Gasteiger partial charge on any atom is 0.416 e. The third-order valence-electron chi connectivity index (χ3n) is 10.5. The molecule has 1 atom stereocenters. The number of nitrogens with zero attached hydrogens (tertiary/aromatic N) is 1. The second-order valence-electron chi connectivity index (χ2n) is 13.6. The van der Waals surface area contributed by atoms with E-state index < -0.39 is 22.8 Å². The van der Waals surface area contributed by atoms with Crippen LogP contribution in [0.5, 0.6) is 23.0 Å². The van der Waals surface area contributed by atoms with Crippen molar-refractivity contribution in [1.29, 1.82) is 0 Å². The molecule has 5 aromatic rings. The first-order valence-corrected chi connectivity index (χ1v) is 17.5. The third kappa shape index (κ3) is 5.53. The number of fused-ring (bicyclic) bond motifs is 8. The van der Waals surface area contributed by atoms with E-state index in [-0.39, 0.29) is 13.2 Å². The molecule has 1 aliphatic carbocycles. The fraction of sp³-hybridized carbons (Fsp3) is 0.302. The van der Waals surface area contributed by atoms with Gasteiger partial charge in [-0.3, -0.25) is 0 Å². The summed E-state index contributed by atoms with van der Waals surface area (Å²) in [6, 6.07) is 23.5. The molecule has 0 saturated carbocycles. The Morgan fingerprint density at radius 2 is 1.46 bits per heavy atom.